The van der Waals surface area contributed by atoms with Crippen LogP contribution in [0.25, 0.3) is 11.1 Å². The molecule has 142 valence electrons. The van der Waals surface area contributed by atoms with E-state index in [9.17, 15) is 9.18 Å². The Bertz CT molecular complexity index is 722. The van der Waals surface area contributed by atoms with Crippen LogP contribution in [0.4, 0.5) is 4.39 Å². The number of carbonyl (C=O) groups is 1. The summed E-state index contributed by atoms with van der Waals surface area (Å²) in [5, 5.41) is 0.496. The van der Waals surface area contributed by atoms with E-state index in [-0.39, 0.29) is 36.2 Å². The second-order valence-corrected chi connectivity index (χ2v) is 6.61. The van der Waals surface area contributed by atoms with Crippen molar-refractivity contribution in [1.82, 2.24) is 0 Å². The summed E-state index contributed by atoms with van der Waals surface area (Å²) in [4.78, 5) is 11.7. The zero-order valence-corrected chi connectivity index (χ0v) is 16.4. The highest BCUT2D eigenvalue weighted by Gasteiger charge is 2.18. The van der Waals surface area contributed by atoms with Crippen LogP contribution in [0.5, 0.6) is 0 Å². The molecule has 0 amide bonds. The molecule has 0 fully saturated rings. The number of benzene rings is 2. The summed E-state index contributed by atoms with van der Waals surface area (Å²) >= 11 is 5.94. The lowest BCUT2D eigenvalue weighted by Gasteiger charge is -2.16. The lowest BCUT2D eigenvalue weighted by Crippen LogP contribution is -2.29. The van der Waals surface area contributed by atoms with Crippen molar-refractivity contribution in [3.63, 3.8) is 0 Å². The minimum absolute atomic E-state index is 0. The molecule has 0 saturated heterocycles. The molecule has 0 aliphatic heterocycles. The maximum atomic E-state index is 13.9. The first kappa shape index (κ1) is 22.4. The molecule has 0 aromatic heterocycles. The lowest BCUT2D eigenvalue weighted by molar-refractivity contribution is -0.147. The molecule has 3 nitrogen and oxygen atoms in total. The quantitative estimate of drug-likeness (QED) is 0.664. The minimum Gasteiger partial charge on any atom is -0.466 e. The van der Waals surface area contributed by atoms with Gasteiger partial charge >= 0.3 is 5.97 Å². The highest BCUT2D eigenvalue weighted by molar-refractivity contribution is 6.30. The highest BCUT2D eigenvalue weighted by Crippen LogP contribution is 2.26. The van der Waals surface area contributed by atoms with E-state index in [1.165, 1.54) is 12.1 Å². The van der Waals surface area contributed by atoms with E-state index in [0.717, 1.165) is 11.1 Å². The van der Waals surface area contributed by atoms with Gasteiger partial charge in [-0.1, -0.05) is 42.8 Å². The van der Waals surface area contributed by atoms with E-state index in [4.69, 9.17) is 22.1 Å². The number of hydrogen-bond acceptors (Lipinski definition) is 3. The third-order valence-corrected chi connectivity index (χ3v) is 4.27. The monoisotopic (exact) mass is 399 g/mol. The second-order valence-electron chi connectivity index (χ2n) is 6.17. The fourth-order valence-electron chi connectivity index (χ4n) is 2.76. The van der Waals surface area contributed by atoms with Crippen molar-refractivity contribution in [2.24, 2.45) is 11.7 Å². The molecule has 0 aliphatic carbocycles. The zero-order valence-electron chi connectivity index (χ0n) is 14.9. The first-order valence-corrected chi connectivity index (χ1v) is 8.75. The molecule has 0 bridgehead atoms. The van der Waals surface area contributed by atoms with Gasteiger partial charge in [-0.05, 0) is 49.1 Å². The minimum atomic E-state index is -0.308. The molecule has 6 heteroatoms. The van der Waals surface area contributed by atoms with E-state index in [2.05, 4.69) is 0 Å². The normalized spacial score (nSPS) is 12.8. The number of esters is 1. The third kappa shape index (κ3) is 6.27. The standard InChI is InChI=1S/C20H23ClFNO2.ClH/c1-3-25-20(24)13(2)10-17(23)11-14-4-6-15(7-5-14)18-12-16(21)8-9-19(18)22;/h4-9,12-13,17H,3,10-11,23H2,1-2H3;1H/t13?,17-;/m0./s1. The van der Waals surface area contributed by atoms with Gasteiger partial charge < -0.3 is 10.5 Å². The molecule has 2 aromatic rings. The van der Waals surface area contributed by atoms with Gasteiger partial charge in [0.2, 0.25) is 0 Å². The van der Waals surface area contributed by atoms with Gasteiger partial charge in [0, 0.05) is 16.6 Å². The molecule has 0 saturated carbocycles. The topological polar surface area (TPSA) is 52.3 Å². The Balaban J connectivity index is 0.00000338. The van der Waals surface area contributed by atoms with E-state index < -0.39 is 0 Å². The van der Waals surface area contributed by atoms with Crippen molar-refractivity contribution in [3.8, 4) is 11.1 Å². The predicted octanol–water partition coefficient (Wildman–Crippen LogP) is 5.03. The third-order valence-electron chi connectivity index (χ3n) is 4.04. The summed E-state index contributed by atoms with van der Waals surface area (Å²) in [5.74, 6) is -0.753. The fraction of sp³-hybridized carbons (Fsp3) is 0.350. The fourth-order valence-corrected chi connectivity index (χ4v) is 2.93. The molecule has 2 atom stereocenters. The average Bonchev–Trinajstić information content (AvgIpc) is 2.58. The maximum Gasteiger partial charge on any atom is 0.308 e. The van der Waals surface area contributed by atoms with Crippen molar-refractivity contribution < 1.29 is 13.9 Å². The van der Waals surface area contributed by atoms with Gasteiger partial charge in [0.05, 0.1) is 12.5 Å². The molecule has 26 heavy (non-hydrogen) atoms. The lowest BCUT2D eigenvalue weighted by atomic mass is 9.95. The van der Waals surface area contributed by atoms with Crippen LogP contribution in [-0.2, 0) is 16.0 Å². The van der Waals surface area contributed by atoms with E-state index in [1.54, 1.807) is 13.0 Å². The Hall–Kier alpha value is -1.62. The Labute approximate surface area is 165 Å². The second kappa shape index (κ2) is 10.5. The Morgan fingerprint density at radius 1 is 1.23 bits per heavy atom. The number of carbonyl (C=O) groups excluding carboxylic acids is 1. The average molecular weight is 400 g/mol. The van der Waals surface area contributed by atoms with Crippen molar-refractivity contribution in [2.45, 2.75) is 32.7 Å². The summed E-state index contributed by atoms with van der Waals surface area (Å²) in [6.45, 7) is 3.98. The van der Waals surface area contributed by atoms with Crippen molar-refractivity contribution in [3.05, 3.63) is 58.9 Å². The number of ether oxygens (including phenoxy) is 1. The van der Waals surface area contributed by atoms with Crippen molar-refractivity contribution in [2.75, 3.05) is 6.61 Å². The molecule has 0 heterocycles. The SMILES string of the molecule is CCOC(=O)C(C)C[C@H](N)Cc1ccc(-c2cc(Cl)ccc2F)cc1.Cl. The summed E-state index contributed by atoms with van der Waals surface area (Å²) in [5.41, 5.74) is 8.42. The predicted molar refractivity (Wildman–Crippen MR) is 106 cm³/mol. The number of hydrogen-bond donors (Lipinski definition) is 1. The van der Waals surface area contributed by atoms with Gasteiger partial charge in [0.25, 0.3) is 0 Å². The van der Waals surface area contributed by atoms with Crippen molar-refractivity contribution in [1.29, 1.82) is 0 Å². The summed E-state index contributed by atoms with van der Waals surface area (Å²) in [6, 6.07) is 11.9. The molecule has 2 aromatic carbocycles. The largest absolute Gasteiger partial charge is 0.466 e. The van der Waals surface area contributed by atoms with Gasteiger partial charge in [0.15, 0.2) is 0 Å². The van der Waals surface area contributed by atoms with E-state index in [1.807, 2.05) is 31.2 Å². The van der Waals surface area contributed by atoms with Gasteiger partial charge in [-0.25, -0.2) is 4.39 Å². The first-order valence-electron chi connectivity index (χ1n) is 8.37. The van der Waals surface area contributed by atoms with Crippen LogP contribution in [0, 0.1) is 11.7 Å². The van der Waals surface area contributed by atoms with Crippen LogP contribution >= 0.6 is 24.0 Å². The van der Waals surface area contributed by atoms with Gasteiger partial charge in [-0.15, -0.1) is 12.4 Å². The van der Waals surface area contributed by atoms with Crippen LogP contribution < -0.4 is 5.73 Å². The Morgan fingerprint density at radius 2 is 1.88 bits per heavy atom. The van der Waals surface area contributed by atoms with Crippen LogP contribution in [0.1, 0.15) is 25.8 Å². The van der Waals surface area contributed by atoms with Crippen molar-refractivity contribution >= 4 is 30.0 Å². The molecule has 0 radical (unpaired) electrons. The summed E-state index contributed by atoms with van der Waals surface area (Å²) in [7, 11) is 0. The Kier molecular flexibility index (Phi) is 9.06. The van der Waals surface area contributed by atoms with Crippen LogP contribution in [-0.4, -0.2) is 18.6 Å². The van der Waals surface area contributed by atoms with Crippen LogP contribution in [0.2, 0.25) is 5.02 Å². The molecule has 2 N–H and O–H groups in total. The first-order chi connectivity index (χ1) is 11.9. The number of rotatable bonds is 7. The molecule has 0 aliphatic rings. The molecule has 1 unspecified atom stereocenters. The van der Waals surface area contributed by atoms with Crippen LogP contribution in [0.3, 0.4) is 0 Å². The smallest absolute Gasteiger partial charge is 0.308 e. The van der Waals surface area contributed by atoms with Gasteiger partial charge in [0.1, 0.15) is 5.82 Å². The van der Waals surface area contributed by atoms with Gasteiger partial charge in [-0.2, -0.15) is 0 Å². The molecule has 2 rings (SSSR count). The van der Waals surface area contributed by atoms with E-state index in [0.29, 0.717) is 30.0 Å². The Morgan fingerprint density at radius 3 is 2.50 bits per heavy atom. The van der Waals surface area contributed by atoms with Gasteiger partial charge in [-0.3, -0.25) is 4.79 Å². The molecular weight excluding hydrogens is 376 g/mol. The molecular formula is C20H24Cl2FNO2. The van der Waals surface area contributed by atoms with E-state index >= 15 is 0 Å². The highest BCUT2D eigenvalue weighted by atomic mass is 35.5. The summed E-state index contributed by atoms with van der Waals surface area (Å²) in [6.07, 6.45) is 1.20. The summed E-state index contributed by atoms with van der Waals surface area (Å²) < 4.78 is 18.9. The van der Waals surface area contributed by atoms with Crippen LogP contribution in [0.15, 0.2) is 42.5 Å². The number of nitrogens with two attached hydrogens (primary N) is 1. The zero-order chi connectivity index (χ0) is 18.4. The maximum absolute atomic E-state index is 13.9. The number of halogens is 3. The molecule has 0 spiro atoms.